The summed E-state index contributed by atoms with van der Waals surface area (Å²) in [6.07, 6.45) is 3.23. The number of benzene rings is 3. The molecule has 3 aromatic carbocycles. The van der Waals surface area contributed by atoms with Gasteiger partial charge in [-0.05, 0) is 61.1 Å². The van der Waals surface area contributed by atoms with E-state index in [2.05, 4.69) is 34.5 Å². The van der Waals surface area contributed by atoms with Gasteiger partial charge in [-0.1, -0.05) is 48.5 Å². The Bertz CT molecular complexity index is 1040. The number of anilines is 2. The number of amides is 1. The maximum absolute atomic E-state index is 12.4. The minimum absolute atomic E-state index is 0.105. The molecule has 0 aliphatic carbocycles. The Morgan fingerprint density at radius 2 is 1.55 bits per heavy atom. The summed E-state index contributed by atoms with van der Waals surface area (Å²) in [6.45, 7) is 1.79. The molecule has 0 spiro atoms. The molecule has 31 heavy (non-hydrogen) atoms. The van der Waals surface area contributed by atoms with E-state index in [1.165, 1.54) is 5.56 Å². The van der Waals surface area contributed by atoms with E-state index in [4.69, 9.17) is 0 Å². The number of aromatic carboxylic acids is 1. The van der Waals surface area contributed by atoms with Gasteiger partial charge in [0.2, 0.25) is 0 Å². The highest BCUT2D eigenvalue weighted by molar-refractivity contribution is 6.08. The highest BCUT2D eigenvalue weighted by Gasteiger charge is 2.22. The van der Waals surface area contributed by atoms with Gasteiger partial charge in [0.05, 0.1) is 11.3 Å². The first-order valence-corrected chi connectivity index (χ1v) is 10.6. The minimum Gasteiger partial charge on any atom is -0.478 e. The number of nitrogens with zero attached hydrogens (tertiary/aromatic N) is 1. The number of carboxylic acids is 1. The standard InChI is InChI=1S/C26H26N2O3/c29-25(21-9-5-2-6-10-21)27-24-12-11-22(18-23(24)26(30)31)28-15-13-20(14-16-28)17-19-7-3-1-4-8-19/h1-12,18,20H,13-17H2,(H,27,29)(H,30,31). The van der Waals surface area contributed by atoms with Crippen LogP contribution in [-0.2, 0) is 6.42 Å². The van der Waals surface area contributed by atoms with Crippen LogP contribution in [-0.4, -0.2) is 30.1 Å². The lowest BCUT2D eigenvalue weighted by Crippen LogP contribution is -2.34. The van der Waals surface area contributed by atoms with E-state index in [0.717, 1.165) is 38.0 Å². The van der Waals surface area contributed by atoms with Crippen LogP contribution >= 0.6 is 0 Å². The van der Waals surface area contributed by atoms with Crippen molar-refractivity contribution in [3.63, 3.8) is 0 Å². The van der Waals surface area contributed by atoms with Gasteiger partial charge in [0, 0.05) is 24.3 Å². The monoisotopic (exact) mass is 414 g/mol. The van der Waals surface area contributed by atoms with Crippen molar-refractivity contribution in [1.82, 2.24) is 0 Å². The number of hydrogen-bond acceptors (Lipinski definition) is 3. The fourth-order valence-corrected chi connectivity index (χ4v) is 4.14. The van der Waals surface area contributed by atoms with Gasteiger partial charge in [-0.15, -0.1) is 0 Å². The molecule has 3 aromatic rings. The molecule has 4 rings (SSSR count). The molecular weight excluding hydrogens is 388 g/mol. The molecule has 1 amide bonds. The smallest absolute Gasteiger partial charge is 0.337 e. The van der Waals surface area contributed by atoms with E-state index in [-0.39, 0.29) is 11.5 Å². The molecule has 0 atom stereocenters. The first-order valence-electron chi connectivity index (χ1n) is 10.6. The SMILES string of the molecule is O=C(Nc1ccc(N2CCC(Cc3ccccc3)CC2)cc1C(=O)O)c1ccccc1. The molecule has 5 heteroatoms. The van der Waals surface area contributed by atoms with E-state index < -0.39 is 5.97 Å². The fraction of sp³-hybridized carbons (Fsp3) is 0.231. The summed E-state index contributed by atoms with van der Waals surface area (Å²) in [5.74, 6) is -0.733. The molecule has 1 fully saturated rings. The summed E-state index contributed by atoms with van der Waals surface area (Å²) in [5.41, 5.74) is 3.15. The molecule has 0 unspecified atom stereocenters. The van der Waals surface area contributed by atoms with Gasteiger partial charge in [-0.2, -0.15) is 0 Å². The van der Waals surface area contributed by atoms with E-state index >= 15 is 0 Å². The summed E-state index contributed by atoms with van der Waals surface area (Å²) in [6, 6.07) is 24.6. The number of rotatable bonds is 6. The molecule has 158 valence electrons. The first kappa shape index (κ1) is 20.7. The zero-order chi connectivity index (χ0) is 21.6. The van der Waals surface area contributed by atoms with Crippen molar-refractivity contribution < 1.29 is 14.7 Å². The number of piperidine rings is 1. The van der Waals surface area contributed by atoms with Crippen LogP contribution in [0.2, 0.25) is 0 Å². The largest absolute Gasteiger partial charge is 0.478 e. The molecular formula is C26H26N2O3. The van der Waals surface area contributed by atoms with Crippen molar-refractivity contribution >= 4 is 23.3 Å². The topological polar surface area (TPSA) is 69.6 Å². The molecule has 5 nitrogen and oxygen atoms in total. The van der Waals surface area contributed by atoms with Crippen molar-refractivity contribution in [3.8, 4) is 0 Å². The van der Waals surface area contributed by atoms with Crippen molar-refractivity contribution in [3.05, 3.63) is 95.6 Å². The Morgan fingerprint density at radius 1 is 0.903 bits per heavy atom. The minimum atomic E-state index is -1.05. The van der Waals surface area contributed by atoms with Gasteiger partial charge in [0.15, 0.2) is 0 Å². The maximum Gasteiger partial charge on any atom is 0.337 e. The average molecular weight is 415 g/mol. The van der Waals surface area contributed by atoms with Gasteiger partial charge in [0.1, 0.15) is 0 Å². The van der Waals surface area contributed by atoms with E-state index in [9.17, 15) is 14.7 Å². The third kappa shape index (κ3) is 5.12. The molecule has 0 saturated carbocycles. The van der Waals surface area contributed by atoms with Crippen LogP contribution in [0.4, 0.5) is 11.4 Å². The number of nitrogens with one attached hydrogen (secondary N) is 1. The third-order valence-electron chi connectivity index (χ3n) is 5.86. The Hall–Kier alpha value is -3.60. The van der Waals surface area contributed by atoms with Crippen LogP contribution in [0.15, 0.2) is 78.9 Å². The highest BCUT2D eigenvalue weighted by atomic mass is 16.4. The van der Waals surface area contributed by atoms with E-state index in [0.29, 0.717) is 17.2 Å². The Labute approximate surface area is 182 Å². The average Bonchev–Trinajstić information content (AvgIpc) is 2.81. The van der Waals surface area contributed by atoms with Crippen LogP contribution in [0.5, 0.6) is 0 Å². The molecule has 1 aliphatic heterocycles. The number of hydrogen-bond donors (Lipinski definition) is 2. The third-order valence-corrected chi connectivity index (χ3v) is 5.86. The zero-order valence-corrected chi connectivity index (χ0v) is 17.3. The van der Waals surface area contributed by atoms with Crippen LogP contribution < -0.4 is 10.2 Å². The normalized spacial score (nSPS) is 14.3. The molecule has 2 N–H and O–H groups in total. The van der Waals surface area contributed by atoms with Crippen LogP contribution in [0.3, 0.4) is 0 Å². The van der Waals surface area contributed by atoms with Crippen molar-refractivity contribution in [2.45, 2.75) is 19.3 Å². The Balaban J connectivity index is 1.43. The number of carbonyl (C=O) groups is 2. The lowest BCUT2D eigenvalue weighted by Gasteiger charge is -2.34. The molecule has 1 heterocycles. The summed E-state index contributed by atoms with van der Waals surface area (Å²) in [7, 11) is 0. The van der Waals surface area contributed by atoms with Gasteiger partial charge in [0.25, 0.3) is 5.91 Å². The lowest BCUT2D eigenvalue weighted by molar-refractivity contribution is 0.0698. The van der Waals surface area contributed by atoms with Crippen LogP contribution in [0.25, 0.3) is 0 Å². The maximum atomic E-state index is 12.4. The second-order valence-electron chi connectivity index (χ2n) is 7.98. The predicted molar refractivity (Wildman–Crippen MR) is 123 cm³/mol. The summed E-state index contributed by atoms with van der Waals surface area (Å²) < 4.78 is 0. The van der Waals surface area contributed by atoms with Gasteiger partial charge >= 0.3 is 5.97 Å². The van der Waals surface area contributed by atoms with Gasteiger partial charge < -0.3 is 15.3 Å². The predicted octanol–water partition coefficient (Wildman–Crippen LogP) is 5.10. The number of carbonyl (C=O) groups excluding carboxylic acids is 1. The van der Waals surface area contributed by atoms with Gasteiger partial charge in [-0.25, -0.2) is 4.79 Å². The molecule has 1 aliphatic rings. The summed E-state index contributed by atoms with van der Waals surface area (Å²) in [5, 5.41) is 12.4. The van der Waals surface area contributed by atoms with Crippen LogP contribution in [0.1, 0.15) is 39.1 Å². The molecule has 0 bridgehead atoms. The summed E-state index contributed by atoms with van der Waals surface area (Å²) >= 11 is 0. The zero-order valence-electron chi connectivity index (χ0n) is 17.3. The van der Waals surface area contributed by atoms with Crippen LogP contribution in [0, 0.1) is 5.92 Å². The van der Waals surface area contributed by atoms with E-state index in [1.807, 2.05) is 18.2 Å². The Morgan fingerprint density at radius 3 is 2.19 bits per heavy atom. The van der Waals surface area contributed by atoms with Crippen molar-refractivity contribution in [2.75, 3.05) is 23.3 Å². The van der Waals surface area contributed by atoms with E-state index in [1.54, 1.807) is 36.4 Å². The molecule has 1 saturated heterocycles. The second-order valence-corrected chi connectivity index (χ2v) is 7.98. The number of carboxylic acid groups (broad SMARTS) is 1. The lowest BCUT2D eigenvalue weighted by atomic mass is 9.90. The molecule has 0 aromatic heterocycles. The quantitative estimate of drug-likeness (QED) is 0.589. The van der Waals surface area contributed by atoms with Crippen molar-refractivity contribution in [2.24, 2.45) is 5.92 Å². The first-order chi connectivity index (χ1) is 15.1. The fourth-order valence-electron chi connectivity index (χ4n) is 4.14. The highest BCUT2D eigenvalue weighted by Crippen LogP contribution is 2.29. The van der Waals surface area contributed by atoms with Crippen molar-refractivity contribution in [1.29, 1.82) is 0 Å². The second kappa shape index (κ2) is 9.47. The Kier molecular flexibility index (Phi) is 6.32. The molecule has 0 radical (unpaired) electrons. The van der Waals surface area contributed by atoms with Gasteiger partial charge in [-0.3, -0.25) is 4.79 Å². The summed E-state index contributed by atoms with van der Waals surface area (Å²) in [4.78, 5) is 26.5.